The summed E-state index contributed by atoms with van der Waals surface area (Å²) in [5.74, 6) is -0.363. The van der Waals surface area contributed by atoms with Gasteiger partial charge in [-0.1, -0.05) is 22.4 Å². The van der Waals surface area contributed by atoms with Gasteiger partial charge in [0.05, 0.1) is 24.9 Å². The average Bonchev–Trinajstić information content (AvgIpc) is 2.83. The highest BCUT2D eigenvalue weighted by molar-refractivity contribution is 5.95. The molecule has 2 aromatic rings. The molecule has 1 aromatic carbocycles. The smallest absolute Gasteiger partial charge is 0.339 e. The second-order valence-electron chi connectivity index (χ2n) is 4.16. The van der Waals surface area contributed by atoms with E-state index in [0.29, 0.717) is 12.1 Å². The summed E-state index contributed by atoms with van der Waals surface area (Å²) in [7, 11) is 3.24. The van der Waals surface area contributed by atoms with Crippen LogP contribution in [0.3, 0.4) is 0 Å². The number of esters is 1. The molecule has 0 spiro atoms. The van der Waals surface area contributed by atoms with Gasteiger partial charge in [0.1, 0.15) is 11.4 Å². The van der Waals surface area contributed by atoms with E-state index in [1.807, 2.05) is 31.0 Å². The molecule has 1 heterocycles. The molecule has 0 unspecified atom stereocenters. The lowest BCUT2D eigenvalue weighted by molar-refractivity contribution is 0.0601. The van der Waals surface area contributed by atoms with Crippen LogP contribution < -0.4 is 4.90 Å². The Labute approximate surface area is 110 Å². The fraction of sp³-hybridized carbons (Fsp3) is 0.308. The van der Waals surface area contributed by atoms with Crippen LogP contribution in [-0.2, 0) is 11.3 Å². The highest BCUT2D eigenvalue weighted by Crippen LogP contribution is 2.21. The Morgan fingerprint density at radius 2 is 2.11 bits per heavy atom. The molecule has 6 nitrogen and oxygen atoms in total. The molecule has 19 heavy (non-hydrogen) atoms. The summed E-state index contributed by atoms with van der Waals surface area (Å²) < 4.78 is 9.44. The number of carbonyl (C=O) groups excluding carboxylic acids is 1. The first kappa shape index (κ1) is 13.1. The normalized spacial score (nSPS) is 10.3. The van der Waals surface area contributed by atoms with Crippen LogP contribution in [-0.4, -0.2) is 30.4 Å². The fourth-order valence-corrected chi connectivity index (χ4v) is 1.79. The van der Waals surface area contributed by atoms with Gasteiger partial charge in [-0.15, -0.1) is 0 Å². The van der Waals surface area contributed by atoms with E-state index in [0.717, 1.165) is 17.1 Å². The number of aromatic nitrogens is 2. The molecule has 0 saturated carbocycles. The number of carbonyl (C=O) groups is 1. The number of methoxy groups -OCH3 is 1. The number of hydrogen-bond acceptors (Lipinski definition) is 6. The first-order chi connectivity index (χ1) is 9.13. The minimum Gasteiger partial charge on any atom is -0.465 e. The van der Waals surface area contributed by atoms with E-state index in [-0.39, 0.29) is 5.97 Å². The van der Waals surface area contributed by atoms with Gasteiger partial charge in [-0.2, -0.15) is 0 Å². The predicted molar refractivity (Wildman–Crippen MR) is 68.9 cm³/mol. The van der Waals surface area contributed by atoms with Crippen molar-refractivity contribution >= 4 is 11.7 Å². The number of benzene rings is 1. The Balaban J connectivity index is 2.26. The Hall–Kier alpha value is -2.37. The van der Waals surface area contributed by atoms with Gasteiger partial charge in [0, 0.05) is 7.05 Å². The third-order valence-electron chi connectivity index (χ3n) is 2.85. The van der Waals surface area contributed by atoms with E-state index in [1.165, 1.54) is 7.11 Å². The zero-order valence-corrected chi connectivity index (χ0v) is 11.1. The SMILES string of the molecule is COC(=O)c1ccccc1N(C)Cc1nonc1C. The van der Waals surface area contributed by atoms with Crippen molar-refractivity contribution in [1.29, 1.82) is 0 Å². The summed E-state index contributed by atoms with van der Waals surface area (Å²) >= 11 is 0. The van der Waals surface area contributed by atoms with Gasteiger partial charge in [0.25, 0.3) is 0 Å². The van der Waals surface area contributed by atoms with E-state index >= 15 is 0 Å². The van der Waals surface area contributed by atoms with Crippen molar-refractivity contribution in [3.63, 3.8) is 0 Å². The second kappa shape index (κ2) is 5.51. The molecule has 0 aliphatic carbocycles. The first-order valence-electron chi connectivity index (χ1n) is 5.80. The van der Waals surface area contributed by atoms with Crippen LogP contribution in [0, 0.1) is 6.92 Å². The predicted octanol–water partition coefficient (Wildman–Crippen LogP) is 1.80. The number of rotatable bonds is 4. The van der Waals surface area contributed by atoms with Gasteiger partial charge in [-0.25, -0.2) is 9.42 Å². The number of aryl methyl sites for hydroxylation is 1. The van der Waals surface area contributed by atoms with E-state index in [1.54, 1.807) is 12.1 Å². The van der Waals surface area contributed by atoms with E-state index in [4.69, 9.17) is 4.74 Å². The maximum atomic E-state index is 11.7. The first-order valence-corrected chi connectivity index (χ1v) is 5.80. The van der Waals surface area contributed by atoms with E-state index in [2.05, 4.69) is 14.9 Å². The average molecular weight is 261 g/mol. The molecule has 0 amide bonds. The molecule has 6 heteroatoms. The van der Waals surface area contributed by atoms with E-state index < -0.39 is 0 Å². The lowest BCUT2D eigenvalue weighted by atomic mass is 10.1. The van der Waals surface area contributed by atoms with Crippen molar-refractivity contribution in [2.45, 2.75) is 13.5 Å². The van der Waals surface area contributed by atoms with Crippen LogP contribution in [0.25, 0.3) is 0 Å². The molecule has 2 rings (SSSR count). The van der Waals surface area contributed by atoms with Crippen LogP contribution in [0.1, 0.15) is 21.7 Å². The topological polar surface area (TPSA) is 68.5 Å². The Bertz CT molecular complexity index is 580. The molecular formula is C13H15N3O3. The van der Waals surface area contributed by atoms with Gasteiger partial charge >= 0.3 is 5.97 Å². The molecule has 0 aliphatic heterocycles. The number of nitrogens with zero attached hydrogens (tertiary/aromatic N) is 3. The summed E-state index contributed by atoms with van der Waals surface area (Å²) in [4.78, 5) is 13.6. The van der Waals surface area contributed by atoms with Crippen molar-refractivity contribution in [3.05, 3.63) is 41.2 Å². The summed E-state index contributed by atoms with van der Waals surface area (Å²) in [5.41, 5.74) is 2.77. The van der Waals surface area contributed by atoms with Gasteiger partial charge < -0.3 is 9.64 Å². The van der Waals surface area contributed by atoms with Gasteiger partial charge in [-0.3, -0.25) is 0 Å². The number of hydrogen-bond donors (Lipinski definition) is 0. The van der Waals surface area contributed by atoms with Crippen LogP contribution >= 0.6 is 0 Å². The Morgan fingerprint density at radius 3 is 2.74 bits per heavy atom. The highest BCUT2D eigenvalue weighted by Gasteiger charge is 2.16. The maximum Gasteiger partial charge on any atom is 0.339 e. The van der Waals surface area contributed by atoms with Crippen molar-refractivity contribution in [2.75, 3.05) is 19.1 Å². The third kappa shape index (κ3) is 2.73. The number of ether oxygens (including phenoxy) is 1. The minimum atomic E-state index is -0.363. The number of anilines is 1. The van der Waals surface area contributed by atoms with Crippen molar-refractivity contribution < 1.29 is 14.2 Å². The highest BCUT2D eigenvalue weighted by atomic mass is 16.6. The molecule has 0 atom stereocenters. The second-order valence-corrected chi connectivity index (χ2v) is 4.16. The standard InChI is InChI=1S/C13H15N3O3/c1-9-11(15-19-14-9)8-16(2)12-7-5-4-6-10(12)13(17)18-3/h4-7H,8H2,1-3H3. The van der Waals surface area contributed by atoms with Crippen molar-refractivity contribution in [2.24, 2.45) is 0 Å². The fourth-order valence-electron chi connectivity index (χ4n) is 1.79. The van der Waals surface area contributed by atoms with E-state index in [9.17, 15) is 4.79 Å². The van der Waals surface area contributed by atoms with Crippen LogP contribution in [0.15, 0.2) is 28.9 Å². The van der Waals surface area contributed by atoms with Gasteiger partial charge in [0.2, 0.25) is 0 Å². The van der Waals surface area contributed by atoms with Crippen LogP contribution in [0.4, 0.5) is 5.69 Å². The monoisotopic (exact) mass is 261 g/mol. The molecule has 0 N–H and O–H groups in total. The lowest BCUT2D eigenvalue weighted by Gasteiger charge is -2.20. The molecule has 1 aromatic heterocycles. The quantitative estimate of drug-likeness (QED) is 0.782. The van der Waals surface area contributed by atoms with Gasteiger partial charge in [-0.05, 0) is 19.1 Å². The molecule has 0 bridgehead atoms. The van der Waals surface area contributed by atoms with Crippen LogP contribution in [0.2, 0.25) is 0 Å². The summed E-state index contributed by atoms with van der Waals surface area (Å²) in [6.45, 7) is 2.33. The zero-order valence-electron chi connectivity index (χ0n) is 11.1. The Morgan fingerprint density at radius 1 is 1.37 bits per heavy atom. The summed E-state index contributed by atoms with van der Waals surface area (Å²) in [5, 5.41) is 7.56. The van der Waals surface area contributed by atoms with Crippen molar-refractivity contribution in [1.82, 2.24) is 10.3 Å². The largest absolute Gasteiger partial charge is 0.465 e. The molecule has 0 aliphatic rings. The Kier molecular flexibility index (Phi) is 3.79. The van der Waals surface area contributed by atoms with Gasteiger partial charge in [0.15, 0.2) is 0 Å². The molecule has 100 valence electrons. The molecule has 0 fully saturated rings. The molecule has 0 radical (unpaired) electrons. The van der Waals surface area contributed by atoms with Crippen molar-refractivity contribution in [3.8, 4) is 0 Å². The summed E-state index contributed by atoms with van der Waals surface area (Å²) in [6, 6.07) is 7.25. The van der Waals surface area contributed by atoms with Crippen LogP contribution in [0.5, 0.6) is 0 Å². The summed E-state index contributed by atoms with van der Waals surface area (Å²) in [6.07, 6.45) is 0. The molecular weight excluding hydrogens is 246 g/mol. The third-order valence-corrected chi connectivity index (χ3v) is 2.85. The lowest BCUT2D eigenvalue weighted by Crippen LogP contribution is -2.20. The molecule has 0 saturated heterocycles. The number of para-hydroxylation sites is 1. The zero-order chi connectivity index (χ0) is 13.8. The maximum absolute atomic E-state index is 11.7. The minimum absolute atomic E-state index is 0.363.